The third-order valence-corrected chi connectivity index (χ3v) is 3.77. The van der Waals surface area contributed by atoms with E-state index in [-0.39, 0.29) is 18.2 Å². The normalized spacial score (nSPS) is 10.5. The molecule has 2 amide bonds. The molecule has 0 aliphatic heterocycles. The second kappa shape index (κ2) is 8.06. The SMILES string of the molecule is CCn1c(CCNC(=O)CNC(=O)c2ccc(Br)o2)n[nH]c1=S. The van der Waals surface area contributed by atoms with Gasteiger partial charge < -0.3 is 19.6 Å². The Kier molecular flexibility index (Phi) is 6.11. The first kappa shape index (κ1) is 17.4. The van der Waals surface area contributed by atoms with Gasteiger partial charge in [0, 0.05) is 19.5 Å². The molecule has 0 radical (unpaired) electrons. The molecule has 8 nitrogen and oxygen atoms in total. The molecule has 0 unspecified atom stereocenters. The molecular formula is C13H16BrN5O3S. The van der Waals surface area contributed by atoms with Crippen LogP contribution in [0, 0.1) is 4.77 Å². The van der Waals surface area contributed by atoms with Gasteiger partial charge in [0.05, 0.1) is 6.54 Å². The van der Waals surface area contributed by atoms with Gasteiger partial charge in [-0.3, -0.25) is 14.7 Å². The number of nitrogens with zero attached hydrogens (tertiary/aromatic N) is 2. The Bertz CT molecular complexity index is 751. The maximum absolute atomic E-state index is 11.7. The lowest BCUT2D eigenvalue weighted by molar-refractivity contribution is -0.120. The average Bonchev–Trinajstić information content (AvgIpc) is 3.11. The van der Waals surface area contributed by atoms with Crippen molar-refractivity contribution in [1.29, 1.82) is 0 Å². The van der Waals surface area contributed by atoms with Crippen LogP contribution in [-0.2, 0) is 17.8 Å². The van der Waals surface area contributed by atoms with E-state index in [9.17, 15) is 9.59 Å². The van der Waals surface area contributed by atoms with Crippen molar-refractivity contribution in [3.8, 4) is 0 Å². The molecule has 0 atom stereocenters. The van der Waals surface area contributed by atoms with Crippen LogP contribution in [0.1, 0.15) is 23.3 Å². The fourth-order valence-electron chi connectivity index (χ4n) is 1.93. The van der Waals surface area contributed by atoms with Gasteiger partial charge in [-0.2, -0.15) is 5.10 Å². The maximum atomic E-state index is 11.7. The van der Waals surface area contributed by atoms with Crippen LogP contribution >= 0.6 is 28.1 Å². The largest absolute Gasteiger partial charge is 0.444 e. The molecule has 2 heterocycles. The number of H-pyrrole nitrogens is 1. The maximum Gasteiger partial charge on any atom is 0.287 e. The summed E-state index contributed by atoms with van der Waals surface area (Å²) in [5.41, 5.74) is 0. The van der Waals surface area contributed by atoms with E-state index in [4.69, 9.17) is 16.6 Å². The third-order valence-electron chi connectivity index (χ3n) is 3.03. The van der Waals surface area contributed by atoms with Gasteiger partial charge in [-0.1, -0.05) is 0 Å². The molecule has 2 aromatic rings. The summed E-state index contributed by atoms with van der Waals surface area (Å²) in [6.45, 7) is 2.96. The summed E-state index contributed by atoms with van der Waals surface area (Å²) < 4.78 is 7.97. The Hall–Kier alpha value is -1.94. The summed E-state index contributed by atoms with van der Waals surface area (Å²) in [4.78, 5) is 23.4. The lowest BCUT2D eigenvalue weighted by Gasteiger charge is -2.06. The zero-order valence-corrected chi connectivity index (χ0v) is 14.8. The molecule has 0 aromatic carbocycles. The van der Waals surface area contributed by atoms with Gasteiger partial charge in [0.25, 0.3) is 5.91 Å². The van der Waals surface area contributed by atoms with E-state index in [2.05, 4.69) is 36.8 Å². The van der Waals surface area contributed by atoms with Crippen molar-refractivity contribution >= 4 is 40.0 Å². The summed E-state index contributed by atoms with van der Waals surface area (Å²) >= 11 is 8.20. The Morgan fingerprint density at radius 3 is 2.87 bits per heavy atom. The number of carbonyl (C=O) groups is 2. The summed E-state index contributed by atoms with van der Waals surface area (Å²) in [6.07, 6.45) is 0.547. The molecule has 23 heavy (non-hydrogen) atoms. The van der Waals surface area contributed by atoms with E-state index in [0.717, 1.165) is 5.82 Å². The quantitative estimate of drug-likeness (QED) is 0.608. The molecule has 124 valence electrons. The van der Waals surface area contributed by atoms with Gasteiger partial charge in [0.15, 0.2) is 15.2 Å². The fourth-order valence-corrected chi connectivity index (χ4v) is 2.51. The minimum Gasteiger partial charge on any atom is -0.444 e. The van der Waals surface area contributed by atoms with E-state index in [1.165, 1.54) is 6.07 Å². The number of nitrogens with one attached hydrogen (secondary N) is 3. The van der Waals surface area contributed by atoms with Crippen molar-refractivity contribution in [3.63, 3.8) is 0 Å². The highest BCUT2D eigenvalue weighted by molar-refractivity contribution is 9.10. The monoisotopic (exact) mass is 401 g/mol. The smallest absolute Gasteiger partial charge is 0.287 e. The Morgan fingerprint density at radius 2 is 2.22 bits per heavy atom. The van der Waals surface area contributed by atoms with Gasteiger partial charge >= 0.3 is 0 Å². The van der Waals surface area contributed by atoms with Crippen LogP contribution in [0.2, 0.25) is 0 Å². The Morgan fingerprint density at radius 1 is 1.43 bits per heavy atom. The van der Waals surface area contributed by atoms with E-state index in [1.54, 1.807) is 6.07 Å². The molecule has 0 saturated carbocycles. The second-order valence-corrected chi connectivity index (χ2v) is 5.74. The van der Waals surface area contributed by atoms with Gasteiger partial charge in [-0.25, -0.2) is 0 Å². The minimum atomic E-state index is -0.447. The van der Waals surface area contributed by atoms with E-state index >= 15 is 0 Å². The van der Waals surface area contributed by atoms with Crippen molar-refractivity contribution in [2.75, 3.05) is 13.1 Å². The summed E-state index contributed by atoms with van der Waals surface area (Å²) in [7, 11) is 0. The Labute approximate surface area is 145 Å². The highest BCUT2D eigenvalue weighted by atomic mass is 79.9. The number of hydrogen-bond donors (Lipinski definition) is 3. The molecule has 0 aliphatic carbocycles. The topological polar surface area (TPSA) is 105 Å². The van der Waals surface area contributed by atoms with E-state index in [1.807, 2.05) is 11.5 Å². The molecule has 0 bridgehead atoms. The van der Waals surface area contributed by atoms with Crippen LogP contribution in [-0.4, -0.2) is 39.7 Å². The number of aromatic nitrogens is 3. The lowest BCUT2D eigenvalue weighted by atomic mass is 10.3. The third kappa shape index (κ3) is 4.76. The molecule has 0 aliphatic rings. The predicted molar refractivity (Wildman–Crippen MR) is 88.5 cm³/mol. The van der Waals surface area contributed by atoms with Crippen molar-refractivity contribution in [1.82, 2.24) is 25.4 Å². The summed E-state index contributed by atoms with van der Waals surface area (Å²) in [6, 6.07) is 3.13. The van der Waals surface area contributed by atoms with Crippen LogP contribution in [0.5, 0.6) is 0 Å². The lowest BCUT2D eigenvalue weighted by Crippen LogP contribution is -2.37. The first-order valence-electron chi connectivity index (χ1n) is 6.95. The molecule has 0 spiro atoms. The van der Waals surface area contributed by atoms with Gasteiger partial charge in [0.1, 0.15) is 5.82 Å². The molecular weight excluding hydrogens is 386 g/mol. The number of carbonyl (C=O) groups excluding carboxylic acids is 2. The van der Waals surface area contributed by atoms with Crippen LogP contribution < -0.4 is 10.6 Å². The average molecular weight is 402 g/mol. The highest BCUT2D eigenvalue weighted by Gasteiger charge is 2.12. The van der Waals surface area contributed by atoms with Crippen LogP contribution in [0.4, 0.5) is 0 Å². The first-order valence-corrected chi connectivity index (χ1v) is 8.15. The van der Waals surface area contributed by atoms with Crippen molar-refractivity contribution in [3.05, 3.63) is 33.2 Å². The number of furan rings is 1. The van der Waals surface area contributed by atoms with Gasteiger partial charge in [0.2, 0.25) is 5.91 Å². The van der Waals surface area contributed by atoms with Crippen LogP contribution in [0.15, 0.2) is 21.2 Å². The number of amides is 2. The standard InChI is InChI=1S/C13H16BrN5O3S/c1-2-19-10(17-18-13(19)23)5-6-15-11(20)7-16-12(21)8-3-4-9(14)22-8/h3-4H,2,5-7H2,1H3,(H,15,20)(H,16,21)(H,18,23). The van der Waals surface area contributed by atoms with E-state index < -0.39 is 5.91 Å². The predicted octanol–water partition coefficient (Wildman–Crippen LogP) is 1.40. The second-order valence-electron chi connectivity index (χ2n) is 4.58. The van der Waals surface area contributed by atoms with Crippen molar-refractivity contribution in [2.45, 2.75) is 19.9 Å². The van der Waals surface area contributed by atoms with Crippen LogP contribution in [0.3, 0.4) is 0 Å². The Balaban J connectivity index is 1.73. The molecule has 10 heteroatoms. The number of aromatic amines is 1. The molecule has 0 saturated heterocycles. The zero-order valence-electron chi connectivity index (χ0n) is 12.4. The van der Waals surface area contributed by atoms with Crippen molar-refractivity contribution in [2.24, 2.45) is 0 Å². The number of hydrogen-bond acceptors (Lipinski definition) is 5. The summed E-state index contributed by atoms with van der Waals surface area (Å²) in [5, 5.41) is 12.0. The zero-order chi connectivity index (χ0) is 16.8. The fraction of sp³-hybridized carbons (Fsp3) is 0.385. The molecule has 0 fully saturated rings. The highest BCUT2D eigenvalue weighted by Crippen LogP contribution is 2.13. The van der Waals surface area contributed by atoms with Crippen molar-refractivity contribution < 1.29 is 14.0 Å². The number of halogens is 1. The van der Waals surface area contributed by atoms with Gasteiger partial charge in [-0.05, 0) is 47.2 Å². The minimum absolute atomic E-state index is 0.127. The molecule has 2 rings (SSSR count). The molecule has 3 N–H and O–H groups in total. The molecule has 2 aromatic heterocycles. The van der Waals surface area contributed by atoms with Crippen LogP contribution in [0.25, 0.3) is 0 Å². The van der Waals surface area contributed by atoms with Gasteiger partial charge in [-0.15, -0.1) is 0 Å². The van der Waals surface area contributed by atoms with E-state index in [0.29, 0.717) is 29.0 Å². The number of rotatable bonds is 7. The first-order chi connectivity index (χ1) is 11.0. The summed E-state index contributed by atoms with van der Waals surface area (Å²) in [5.74, 6) is 0.185.